The van der Waals surface area contributed by atoms with Crippen LogP contribution in [0.5, 0.6) is 0 Å². The average Bonchev–Trinajstić information content (AvgIpc) is 2.34. The standard InChI is InChI=1S/C13H8Br2FNO/c14-9-4-1-3-8(7-9)13(18)17-12-10(15)5-2-6-11(12)16/h1-7H,(H,17,18). The first-order valence-corrected chi connectivity index (χ1v) is 6.67. The number of amides is 1. The van der Waals surface area contributed by atoms with E-state index in [1.807, 2.05) is 6.07 Å². The van der Waals surface area contributed by atoms with Gasteiger partial charge in [-0.3, -0.25) is 4.79 Å². The van der Waals surface area contributed by atoms with E-state index >= 15 is 0 Å². The molecule has 0 aliphatic heterocycles. The third kappa shape index (κ3) is 2.97. The van der Waals surface area contributed by atoms with Crippen molar-refractivity contribution in [3.05, 3.63) is 62.8 Å². The summed E-state index contributed by atoms with van der Waals surface area (Å²) in [5.74, 6) is -0.838. The molecule has 0 aromatic heterocycles. The van der Waals surface area contributed by atoms with Crippen LogP contribution in [0.4, 0.5) is 10.1 Å². The Labute approximate surface area is 120 Å². The third-order valence-electron chi connectivity index (χ3n) is 2.29. The first-order chi connectivity index (χ1) is 8.58. The molecule has 0 aliphatic rings. The van der Waals surface area contributed by atoms with Gasteiger partial charge in [-0.25, -0.2) is 4.39 Å². The monoisotopic (exact) mass is 371 g/mol. The molecule has 0 saturated heterocycles. The maximum Gasteiger partial charge on any atom is 0.255 e. The number of carbonyl (C=O) groups is 1. The van der Waals surface area contributed by atoms with E-state index in [0.29, 0.717) is 10.0 Å². The van der Waals surface area contributed by atoms with Gasteiger partial charge in [0.05, 0.1) is 5.69 Å². The molecule has 2 aromatic carbocycles. The van der Waals surface area contributed by atoms with Gasteiger partial charge in [-0.2, -0.15) is 0 Å². The Bertz CT molecular complexity index is 581. The fraction of sp³-hybridized carbons (Fsp3) is 0. The van der Waals surface area contributed by atoms with Crippen LogP contribution in [0.15, 0.2) is 51.4 Å². The van der Waals surface area contributed by atoms with Gasteiger partial charge in [-0.05, 0) is 46.3 Å². The molecule has 0 aliphatic carbocycles. The zero-order valence-corrected chi connectivity index (χ0v) is 12.3. The van der Waals surface area contributed by atoms with Gasteiger partial charge < -0.3 is 5.32 Å². The van der Waals surface area contributed by atoms with Crippen molar-refractivity contribution in [1.29, 1.82) is 0 Å². The topological polar surface area (TPSA) is 29.1 Å². The lowest BCUT2D eigenvalue weighted by molar-refractivity contribution is 0.102. The molecule has 0 fully saturated rings. The Balaban J connectivity index is 2.27. The summed E-state index contributed by atoms with van der Waals surface area (Å²) >= 11 is 6.48. The van der Waals surface area contributed by atoms with Crippen molar-refractivity contribution in [1.82, 2.24) is 0 Å². The first kappa shape index (κ1) is 13.2. The van der Waals surface area contributed by atoms with E-state index in [9.17, 15) is 9.18 Å². The van der Waals surface area contributed by atoms with Gasteiger partial charge in [-0.1, -0.05) is 28.1 Å². The number of benzene rings is 2. The number of hydrogen-bond acceptors (Lipinski definition) is 1. The summed E-state index contributed by atoms with van der Waals surface area (Å²) in [6.07, 6.45) is 0. The Hall–Kier alpha value is -1.20. The molecule has 2 rings (SSSR count). The molecule has 0 saturated carbocycles. The van der Waals surface area contributed by atoms with Crippen molar-refractivity contribution in [3.63, 3.8) is 0 Å². The summed E-state index contributed by atoms with van der Waals surface area (Å²) in [6, 6.07) is 11.4. The summed E-state index contributed by atoms with van der Waals surface area (Å²) in [4.78, 5) is 12.0. The van der Waals surface area contributed by atoms with Crippen LogP contribution >= 0.6 is 31.9 Å². The van der Waals surface area contributed by atoms with Crippen LogP contribution in [-0.2, 0) is 0 Å². The van der Waals surface area contributed by atoms with Crippen LogP contribution in [0.3, 0.4) is 0 Å². The summed E-state index contributed by atoms with van der Waals surface area (Å²) in [6.45, 7) is 0. The number of nitrogens with one attached hydrogen (secondary N) is 1. The second kappa shape index (κ2) is 5.63. The molecular weight excluding hydrogens is 365 g/mol. The van der Waals surface area contributed by atoms with Gasteiger partial charge in [0.1, 0.15) is 5.82 Å². The third-order valence-corrected chi connectivity index (χ3v) is 3.44. The quantitative estimate of drug-likeness (QED) is 0.819. The Morgan fingerprint density at radius 2 is 1.83 bits per heavy atom. The highest BCUT2D eigenvalue weighted by Gasteiger charge is 2.12. The lowest BCUT2D eigenvalue weighted by Gasteiger charge is -2.08. The Morgan fingerprint density at radius 1 is 1.11 bits per heavy atom. The number of para-hydroxylation sites is 1. The van der Waals surface area contributed by atoms with Crippen LogP contribution in [0.25, 0.3) is 0 Å². The molecule has 0 heterocycles. The molecule has 1 N–H and O–H groups in total. The van der Waals surface area contributed by atoms with Crippen LogP contribution in [0, 0.1) is 5.82 Å². The largest absolute Gasteiger partial charge is 0.319 e. The molecule has 5 heteroatoms. The number of anilines is 1. The molecule has 0 spiro atoms. The molecule has 18 heavy (non-hydrogen) atoms. The minimum absolute atomic E-state index is 0.141. The molecule has 2 nitrogen and oxygen atoms in total. The highest BCUT2D eigenvalue weighted by atomic mass is 79.9. The van der Waals surface area contributed by atoms with Crippen molar-refractivity contribution < 1.29 is 9.18 Å². The molecular formula is C13H8Br2FNO. The zero-order valence-electron chi connectivity index (χ0n) is 9.08. The van der Waals surface area contributed by atoms with Crippen LogP contribution in [-0.4, -0.2) is 5.91 Å². The van der Waals surface area contributed by atoms with Crippen LogP contribution in [0.1, 0.15) is 10.4 Å². The second-order valence-electron chi connectivity index (χ2n) is 3.56. The van der Waals surface area contributed by atoms with Crippen LogP contribution < -0.4 is 5.32 Å². The van der Waals surface area contributed by atoms with E-state index in [4.69, 9.17) is 0 Å². The normalized spacial score (nSPS) is 10.2. The molecule has 0 atom stereocenters. The highest BCUT2D eigenvalue weighted by molar-refractivity contribution is 9.10. The molecule has 0 bridgehead atoms. The van der Waals surface area contributed by atoms with Crippen molar-refractivity contribution in [2.24, 2.45) is 0 Å². The molecule has 2 aromatic rings. The summed E-state index contributed by atoms with van der Waals surface area (Å²) in [7, 11) is 0. The molecule has 1 amide bonds. The van der Waals surface area contributed by atoms with Gasteiger partial charge in [0.2, 0.25) is 0 Å². The molecule has 0 radical (unpaired) electrons. The van der Waals surface area contributed by atoms with Crippen LogP contribution in [0.2, 0.25) is 0 Å². The fourth-order valence-corrected chi connectivity index (χ4v) is 2.27. The summed E-state index contributed by atoms with van der Waals surface area (Å²) in [5, 5.41) is 2.54. The van der Waals surface area contributed by atoms with Gasteiger partial charge in [-0.15, -0.1) is 0 Å². The van der Waals surface area contributed by atoms with Gasteiger partial charge in [0.25, 0.3) is 5.91 Å². The van der Waals surface area contributed by atoms with E-state index in [0.717, 1.165) is 4.47 Å². The van der Waals surface area contributed by atoms with Gasteiger partial charge >= 0.3 is 0 Å². The minimum Gasteiger partial charge on any atom is -0.319 e. The van der Waals surface area contributed by atoms with Gasteiger partial charge in [0.15, 0.2) is 0 Å². The zero-order chi connectivity index (χ0) is 13.1. The van der Waals surface area contributed by atoms with E-state index in [1.54, 1.807) is 30.3 Å². The fourth-order valence-electron chi connectivity index (χ4n) is 1.43. The number of halogens is 3. The predicted molar refractivity (Wildman–Crippen MR) is 76.2 cm³/mol. The van der Waals surface area contributed by atoms with Gasteiger partial charge in [0, 0.05) is 14.5 Å². The Morgan fingerprint density at radius 3 is 2.50 bits per heavy atom. The van der Waals surface area contributed by atoms with E-state index in [-0.39, 0.29) is 11.6 Å². The first-order valence-electron chi connectivity index (χ1n) is 5.09. The number of carbonyl (C=O) groups excluding carboxylic acids is 1. The van der Waals surface area contributed by atoms with Crippen molar-refractivity contribution in [3.8, 4) is 0 Å². The van der Waals surface area contributed by atoms with E-state index in [1.165, 1.54) is 6.07 Å². The SMILES string of the molecule is O=C(Nc1c(F)cccc1Br)c1cccc(Br)c1. The summed E-state index contributed by atoms with van der Waals surface area (Å²) in [5.41, 5.74) is 0.599. The predicted octanol–water partition coefficient (Wildman–Crippen LogP) is 4.60. The smallest absolute Gasteiger partial charge is 0.255 e. The Kier molecular flexibility index (Phi) is 4.14. The molecule has 92 valence electrons. The average molecular weight is 373 g/mol. The summed E-state index contributed by atoms with van der Waals surface area (Å²) < 4.78 is 14.9. The van der Waals surface area contributed by atoms with Crippen molar-refractivity contribution >= 4 is 43.5 Å². The number of rotatable bonds is 2. The maximum absolute atomic E-state index is 13.6. The van der Waals surface area contributed by atoms with Crippen molar-refractivity contribution in [2.45, 2.75) is 0 Å². The lowest BCUT2D eigenvalue weighted by atomic mass is 10.2. The van der Waals surface area contributed by atoms with Crippen molar-refractivity contribution in [2.75, 3.05) is 5.32 Å². The maximum atomic E-state index is 13.6. The van der Waals surface area contributed by atoms with E-state index in [2.05, 4.69) is 37.2 Å². The lowest BCUT2D eigenvalue weighted by Crippen LogP contribution is -2.13. The number of hydrogen-bond donors (Lipinski definition) is 1. The van der Waals surface area contributed by atoms with E-state index < -0.39 is 5.82 Å². The highest BCUT2D eigenvalue weighted by Crippen LogP contribution is 2.25. The minimum atomic E-state index is -0.479. The molecule has 0 unspecified atom stereocenters. The second-order valence-corrected chi connectivity index (χ2v) is 5.33.